The molecule has 0 saturated heterocycles. The zero-order valence-corrected chi connectivity index (χ0v) is 15.9. The number of fused-ring (bicyclic) bond motifs is 1. The number of nitrogens with zero attached hydrogens (tertiary/aromatic N) is 2. The molecule has 6 heteroatoms. The molecular weight excluding hydrogens is 352 g/mol. The van der Waals surface area contributed by atoms with Gasteiger partial charge in [-0.25, -0.2) is 4.98 Å². The predicted molar refractivity (Wildman–Crippen MR) is 112 cm³/mol. The van der Waals surface area contributed by atoms with Crippen molar-refractivity contribution >= 4 is 28.1 Å². The van der Waals surface area contributed by atoms with Crippen LogP contribution in [-0.2, 0) is 0 Å². The van der Waals surface area contributed by atoms with E-state index in [0.29, 0.717) is 18.0 Å². The SMILES string of the molecule is CCCCCOc1ccc(N2CC(O)=C(c3nc4ccccc4[nH]3)C2=N)cc1. The second kappa shape index (κ2) is 7.76. The van der Waals surface area contributed by atoms with Crippen molar-refractivity contribution < 1.29 is 9.84 Å². The quantitative estimate of drug-likeness (QED) is 0.512. The Labute approximate surface area is 164 Å². The minimum Gasteiger partial charge on any atom is -0.509 e. The third kappa shape index (κ3) is 3.45. The summed E-state index contributed by atoms with van der Waals surface area (Å²) in [7, 11) is 0. The number of rotatable bonds is 7. The van der Waals surface area contributed by atoms with Gasteiger partial charge in [-0.1, -0.05) is 31.9 Å². The average molecular weight is 376 g/mol. The summed E-state index contributed by atoms with van der Waals surface area (Å²) in [5.41, 5.74) is 2.97. The van der Waals surface area contributed by atoms with Gasteiger partial charge in [0.05, 0.1) is 29.8 Å². The van der Waals surface area contributed by atoms with Crippen molar-refractivity contribution in [1.82, 2.24) is 9.97 Å². The molecule has 0 spiro atoms. The highest BCUT2D eigenvalue weighted by molar-refractivity contribution is 6.30. The van der Waals surface area contributed by atoms with E-state index in [1.165, 1.54) is 12.8 Å². The molecular formula is C22H24N4O2. The van der Waals surface area contributed by atoms with Gasteiger partial charge in [0.15, 0.2) is 0 Å². The molecule has 1 aliphatic heterocycles. The van der Waals surface area contributed by atoms with Gasteiger partial charge in [-0.2, -0.15) is 0 Å². The number of ether oxygens (including phenoxy) is 1. The Morgan fingerprint density at radius 2 is 1.93 bits per heavy atom. The summed E-state index contributed by atoms with van der Waals surface area (Å²) in [6.45, 7) is 3.13. The maximum Gasteiger partial charge on any atom is 0.145 e. The lowest BCUT2D eigenvalue weighted by molar-refractivity contribution is 0.306. The van der Waals surface area contributed by atoms with Crippen LogP contribution in [0, 0.1) is 5.41 Å². The summed E-state index contributed by atoms with van der Waals surface area (Å²) in [6.07, 6.45) is 3.38. The first-order valence-electron chi connectivity index (χ1n) is 9.64. The van der Waals surface area contributed by atoms with Gasteiger partial charge in [0.2, 0.25) is 0 Å². The van der Waals surface area contributed by atoms with Crippen molar-refractivity contribution in [3.63, 3.8) is 0 Å². The lowest BCUT2D eigenvalue weighted by Gasteiger charge is -2.19. The number of aliphatic hydroxyl groups is 1. The fraction of sp³-hybridized carbons (Fsp3) is 0.273. The number of H-pyrrole nitrogens is 1. The average Bonchev–Trinajstić information content (AvgIpc) is 3.25. The number of aliphatic hydroxyl groups excluding tert-OH is 1. The topological polar surface area (TPSA) is 85.2 Å². The van der Waals surface area contributed by atoms with Crippen LogP contribution in [-0.4, -0.2) is 34.1 Å². The van der Waals surface area contributed by atoms with Crippen LogP contribution in [0.25, 0.3) is 16.6 Å². The van der Waals surface area contributed by atoms with Crippen molar-refractivity contribution in [2.45, 2.75) is 26.2 Å². The number of hydrogen-bond acceptors (Lipinski definition) is 4. The summed E-state index contributed by atoms with van der Waals surface area (Å²) in [5, 5.41) is 19.1. The van der Waals surface area contributed by atoms with E-state index >= 15 is 0 Å². The molecule has 3 N–H and O–H groups in total. The molecule has 2 heterocycles. The van der Waals surface area contributed by atoms with Crippen molar-refractivity contribution in [3.05, 3.63) is 60.1 Å². The smallest absolute Gasteiger partial charge is 0.145 e. The number of amidine groups is 1. The van der Waals surface area contributed by atoms with E-state index in [-0.39, 0.29) is 18.1 Å². The normalized spacial score (nSPS) is 14.3. The van der Waals surface area contributed by atoms with Crippen LogP contribution in [0.15, 0.2) is 54.3 Å². The predicted octanol–water partition coefficient (Wildman–Crippen LogP) is 4.90. The molecule has 144 valence electrons. The van der Waals surface area contributed by atoms with E-state index < -0.39 is 0 Å². The third-order valence-electron chi connectivity index (χ3n) is 4.89. The van der Waals surface area contributed by atoms with Crippen LogP contribution in [0.1, 0.15) is 32.0 Å². The molecule has 0 unspecified atom stereocenters. The fourth-order valence-electron chi connectivity index (χ4n) is 3.38. The highest BCUT2D eigenvalue weighted by Gasteiger charge is 2.31. The van der Waals surface area contributed by atoms with Gasteiger partial charge in [-0.3, -0.25) is 5.41 Å². The summed E-state index contributed by atoms with van der Waals surface area (Å²) >= 11 is 0. The summed E-state index contributed by atoms with van der Waals surface area (Å²) in [5.74, 6) is 1.71. The molecule has 28 heavy (non-hydrogen) atoms. The first kappa shape index (κ1) is 18.1. The number of hydrogen-bond donors (Lipinski definition) is 3. The maximum absolute atomic E-state index is 10.5. The monoisotopic (exact) mass is 376 g/mol. The van der Waals surface area contributed by atoms with Gasteiger partial charge >= 0.3 is 0 Å². The van der Waals surface area contributed by atoms with E-state index in [9.17, 15) is 5.11 Å². The fourth-order valence-corrected chi connectivity index (χ4v) is 3.38. The van der Waals surface area contributed by atoms with Crippen LogP contribution >= 0.6 is 0 Å². The maximum atomic E-state index is 10.5. The number of imidazole rings is 1. The molecule has 0 bridgehead atoms. The molecule has 6 nitrogen and oxygen atoms in total. The second-order valence-corrected chi connectivity index (χ2v) is 6.91. The molecule has 0 aliphatic carbocycles. The molecule has 1 aromatic heterocycles. The molecule has 4 rings (SSSR count). The van der Waals surface area contributed by atoms with Gasteiger partial charge in [0.25, 0.3) is 0 Å². The number of aromatic amines is 1. The Kier molecular flexibility index (Phi) is 5.02. The van der Waals surface area contributed by atoms with Crippen molar-refractivity contribution in [2.24, 2.45) is 0 Å². The Morgan fingerprint density at radius 3 is 2.68 bits per heavy atom. The molecule has 1 aliphatic rings. The van der Waals surface area contributed by atoms with Gasteiger partial charge in [-0.15, -0.1) is 0 Å². The Hall–Kier alpha value is -3.28. The summed E-state index contributed by atoms with van der Waals surface area (Å²) in [6, 6.07) is 15.3. The van der Waals surface area contributed by atoms with Crippen LogP contribution in [0.2, 0.25) is 0 Å². The lowest BCUT2D eigenvalue weighted by Crippen LogP contribution is -2.26. The first-order valence-corrected chi connectivity index (χ1v) is 9.64. The molecule has 0 amide bonds. The van der Waals surface area contributed by atoms with Gasteiger partial charge in [-0.05, 0) is 42.8 Å². The molecule has 2 aromatic carbocycles. The van der Waals surface area contributed by atoms with Crippen LogP contribution in [0.4, 0.5) is 5.69 Å². The van der Waals surface area contributed by atoms with Crippen LogP contribution < -0.4 is 9.64 Å². The molecule has 3 aromatic rings. The van der Waals surface area contributed by atoms with Crippen molar-refractivity contribution in [3.8, 4) is 5.75 Å². The van der Waals surface area contributed by atoms with Crippen LogP contribution in [0.5, 0.6) is 5.75 Å². The number of unbranched alkanes of at least 4 members (excludes halogenated alkanes) is 2. The van der Waals surface area contributed by atoms with E-state index in [2.05, 4.69) is 16.9 Å². The largest absolute Gasteiger partial charge is 0.509 e. The number of nitrogens with one attached hydrogen (secondary N) is 2. The lowest BCUT2D eigenvalue weighted by atomic mass is 10.2. The Morgan fingerprint density at radius 1 is 1.14 bits per heavy atom. The van der Waals surface area contributed by atoms with E-state index in [1.807, 2.05) is 48.5 Å². The number of anilines is 1. The third-order valence-corrected chi connectivity index (χ3v) is 4.89. The Balaban J connectivity index is 1.49. The zero-order valence-electron chi connectivity index (χ0n) is 15.9. The number of aromatic nitrogens is 2. The van der Waals surface area contributed by atoms with E-state index in [0.717, 1.165) is 28.9 Å². The Bertz CT molecular complexity index is 987. The standard InChI is InChI=1S/C22H24N4O2/c1-2-3-6-13-28-16-11-9-15(10-12-16)26-14-19(27)20(21(26)23)22-24-17-7-4-5-8-18(17)25-22/h4-5,7-12,23,27H,2-3,6,13-14H2,1H3,(H,24,25). The second-order valence-electron chi connectivity index (χ2n) is 6.91. The molecule has 0 atom stereocenters. The molecule has 0 saturated carbocycles. The highest BCUT2D eigenvalue weighted by atomic mass is 16.5. The summed E-state index contributed by atoms with van der Waals surface area (Å²) < 4.78 is 5.75. The van der Waals surface area contributed by atoms with E-state index in [4.69, 9.17) is 10.1 Å². The minimum absolute atomic E-state index is 0.143. The van der Waals surface area contributed by atoms with Gasteiger partial charge in [0.1, 0.15) is 23.2 Å². The molecule has 0 fully saturated rings. The summed E-state index contributed by atoms with van der Waals surface area (Å²) in [4.78, 5) is 9.48. The van der Waals surface area contributed by atoms with Crippen LogP contribution in [0.3, 0.4) is 0 Å². The van der Waals surface area contributed by atoms with Gasteiger partial charge < -0.3 is 19.7 Å². The van der Waals surface area contributed by atoms with E-state index in [1.54, 1.807) is 4.90 Å². The molecule has 0 radical (unpaired) electrons. The number of para-hydroxylation sites is 2. The van der Waals surface area contributed by atoms with Crippen molar-refractivity contribution in [1.29, 1.82) is 5.41 Å². The van der Waals surface area contributed by atoms with Gasteiger partial charge in [0, 0.05) is 5.69 Å². The van der Waals surface area contributed by atoms with Crippen molar-refractivity contribution in [2.75, 3.05) is 18.1 Å². The number of benzene rings is 2. The first-order chi connectivity index (χ1) is 13.7. The highest BCUT2D eigenvalue weighted by Crippen LogP contribution is 2.31. The zero-order chi connectivity index (χ0) is 19.5. The minimum atomic E-state index is 0.143.